The van der Waals surface area contributed by atoms with Gasteiger partial charge >= 0.3 is 0 Å². The molecule has 5 nitrogen and oxygen atoms in total. The molecule has 0 saturated carbocycles. The average molecular weight is 286 g/mol. The Morgan fingerprint density at radius 3 is 2.67 bits per heavy atom. The Bertz CT molecular complexity index is 613. The Labute approximate surface area is 125 Å². The maximum atomic E-state index is 5.95. The quantitative estimate of drug-likeness (QED) is 0.878. The molecule has 0 aliphatic rings. The number of aromatic nitrogens is 3. The largest absolute Gasteiger partial charge is 0.437 e. The summed E-state index contributed by atoms with van der Waals surface area (Å²) in [4.78, 5) is 13.3. The molecule has 21 heavy (non-hydrogen) atoms. The van der Waals surface area contributed by atoms with Crippen LogP contribution in [0, 0.1) is 13.8 Å². The number of nitrogens with zero attached hydrogens (tertiary/aromatic N) is 3. The zero-order valence-corrected chi connectivity index (χ0v) is 13.1. The van der Waals surface area contributed by atoms with Crippen LogP contribution >= 0.6 is 0 Å². The van der Waals surface area contributed by atoms with Crippen LogP contribution in [-0.4, -0.2) is 21.5 Å². The van der Waals surface area contributed by atoms with Crippen LogP contribution in [0.25, 0.3) is 0 Å². The number of aryl methyl sites for hydroxylation is 2. The van der Waals surface area contributed by atoms with Gasteiger partial charge in [0.25, 0.3) is 0 Å². The molecule has 0 bridgehead atoms. The van der Waals surface area contributed by atoms with Crippen molar-refractivity contribution in [3.8, 4) is 11.6 Å². The molecule has 0 atom stereocenters. The van der Waals surface area contributed by atoms with Gasteiger partial charge in [0.15, 0.2) is 5.75 Å². The van der Waals surface area contributed by atoms with E-state index >= 15 is 0 Å². The molecule has 1 N–H and O–H groups in total. The molecule has 0 radical (unpaired) electrons. The minimum absolute atomic E-state index is 0.594. The molecule has 0 fully saturated rings. The highest BCUT2D eigenvalue weighted by atomic mass is 16.5. The summed E-state index contributed by atoms with van der Waals surface area (Å²) in [5.74, 6) is 2.94. The van der Waals surface area contributed by atoms with Crippen LogP contribution in [0.2, 0.25) is 0 Å². The van der Waals surface area contributed by atoms with Crippen LogP contribution in [0.1, 0.15) is 37.4 Å². The summed E-state index contributed by atoms with van der Waals surface area (Å²) in [5.41, 5.74) is 1.76. The lowest BCUT2D eigenvalue weighted by Crippen LogP contribution is -2.09. The number of ether oxygens (including phenoxy) is 1. The lowest BCUT2D eigenvalue weighted by Gasteiger charge is -2.14. The Morgan fingerprint density at radius 2 is 2.00 bits per heavy atom. The van der Waals surface area contributed by atoms with Crippen LogP contribution in [0.4, 0.5) is 5.82 Å². The first kappa shape index (κ1) is 15.2. The molecule has 2 aromatic rings. The molecule has 112 valence electrons. The summed E-state index contributed by atoms with van der Waals surface area (Å²) in [7, 11) is 0. The van der Waals surface area contributed by atoms with Crippen molar-refractivity contribution in [3.63, 3.8) is 0 Å². The molecule has 0 aromatic carbocycles. The predicted octanol–water partition coefficient (Wildman–Crippen LogP) is 3.67. The number of hydrogen-bond acceptors (Lipinski definition) is 5. The number of hydrogen-bond donors (Lipinski definition) is 1. The number of pyridine rings is 1. The Balaban J connectivity index is 2.35. The molecule has 2 rings (SSSR count). The van der Waals surface area contributed by atoms with E-state index in [-0.39, 0.29) is 0 Å². The number of rotatable bonds is 6. The zero-order valence-electron chi connectivity index (χ0n) is 13.1. The van der Waals surface area contributed by atoms with Crippen LogP contribution in [0.3, 0.4) is 0 Å². The van der Waals surface area contributed by atoms with Crippen molar-refractivity contribution in [2.75, 3.05) is 11.9 Å². The molecule has 0 spiro atoms. The fourth-order valence-corrected chi connectivity index (χ4v) is 1.89. The van der Waals surface area contributed by atoms with E-state index in [9.17, 15) is 0 Å². The highest BCUT2D eigenvalue weighted by Gasteiger charge is 2.13. The van der Waals surface area contributed by atoms with Gasteiger partial charge in [-0.15, -0.1) is 0 Å². The Hall–Kier alpha value is -2.17. The minimum atomic E-state index is 0.594. The van der Waals surface area contributed by atoms with Crippen molar-refractivity contribution in [3.05, 3.63) is 35.4 Å². The van der Waals surface area contributed by atoms with E-state index in [1.165, 1.54) is 0 Å². The molecule has 0 aliphatic heterocycles. The first-order chi connectivity index (χ1) is 10.2. The summed E-state index contributed by atoms with van der Waals surface area (Å²) in [5, 5.41) is 3.33. The van der Waals surface area contributed by atoms with Gasteiger partial charge in [0.1, 0.15) is 11.6 Å². The van der Waals surface area contributed by atoms with Gasteiger partial charge in [-0.3, -0.25) is 4.98 Å². The Kier molecular flexibility index (Phi) is 5.09. The highest BCUT2D eigenvalue weighted by molar-refractivity contribution is 5.49. The van der Waals surface area contributed by atoms with Crippen molar-refractivity contribution in [2.45, 2.75) is 40.5 Å². The van der Waals surface area contributed by atoms with E-state index in [2.05, 4.69) is 27.2 Å². The SMILES string of the molecule is CCCNc1nc(CC)nc(Oc2cccnc2C)c1C. The first-order valence-electron chi connectivity index (χ1n) is 7.36. The molecule has 2 aromatic heterocycles. The van der Waals surface area contributed by atoms with Crippen molar-refractivity contribution in [1.29, 1.82) is 0 Å². The lowest BCUT2D eigenvalue weighted by molar-refractivity contribution is 0.449. The van der Waals surface area contributed by atoms with Crippen molar-refractivity contribution in [2.24, 2.45) is 0 Å². The van der Waals surface area contributed by atoms with Crippen molar-refractivity contribution >= 4 is 5.82 Å². The summed E-state index contributed by atoms with van der Waals surface area (Å²) < 4.78 is 5.95. The van der Waals surface area contributed by atoms with Crippen molar-refractivity contribution < 1.29 is 4.74 Å². The molecule has 0 unspecified atom stereocenters. The highest BCUT2D eigenvalue weighted by Crippen LogP contribution is 2.28. The summed E-state index contributed by atoms with van der Waals surface area (Å²) in [6.45, 7) is 8.93. The minimum Gasteiger partial charge on any atom is -0.437 e. The smallest absolute Gasteiger partial charge is 0.227 e. The van der Waals surface area contributed by atoms with Gasteiger partial charge in [0.05, 0.1) is 11.3 Å². The van der Waals surface area contributed by atoms with Gasteiger partial charge in [0, 0.05) is 19.2 Å². The van der Waals surface area contributed by atoms with E-state index < -0.39 is 0 Å². The van der Waals surface area contributed by atoms with Crippen LogP contribution in [0.5, 0.6) is 11.6 Å². The van der Waals surface area contributed by atoms with Crippen LogP contribution < -0.4 is 10.1 Å². The molecule has 0 aliphatic carbocycles. The zero-order chi connectivity index (χ0) is 15.2. The van der Waals surface area contributed by atoms with Crippen molar-refractivity contribution in [1.82, 2.24) is 15.0 Å². The average Bonchev–Trinajstić information content (AvgIpc) is 2.50. The third-order valence-corrected chi connectivity index (χ3v) is 3.17. The molecule has 0 amide bonds. The van der Waals surface area contributed by atoms with E-state index in [0.717, 1.165) is 48.0 Å². The molecule has 5 heteroatoms. The van der Waals surface area contributed by atoms with E-state index in [4.69, 9.17) is 4.74 Å². The third kappa shape index (κ3) is 3.68. The van der Waals surface area contributed by atoms with Crippen LogP contribution in [-0.2, 0) is 6.42 Å². The van der Waals surface area contributed by atoms with Crippen LogP contribution in [0.15, 0.2) is 18.3 Å². The first-order valence-corrected chi connectivity index (χ1v) is 7.36. The number of nitrogens with one attached hydrogen (secondary N) is 1. The molecule has 0 saturated heterocycles. The van der Waals surface area contributed by atoms with E-state index in [1.807, 2.05) is 32.9 Å². The van der Waals surface area contributed by atoms with Gasteiger partial charge < -0.3 is 10.1 Å². The van der Waals surface area contributed by atoms with Gasteiger partial charge in [-0.2, -0.15) is 4.98 Å². The molecule has 2 heterocycles. The fourth-order valence-electron chi connectivity index (χ4n) is 1.89. The monoisotopic (exact) mass is 286 g/mol. The second-order valence-corrected chi connectivity index (χ2v) is 4.89. The second kappa shape index (κ2) is 7.02. The molecular weight excluding hydrogens is 264 g/mol. The lowest BCUT2D eigenvalue weighted by atomic mass is 10.3. The van der Waals surface area contributed by atoms with E-state index in [0.29, 0.717) is 5.88 Å². The third-order valence-electron chi connectivity index (χ3n) is 3.17. The topological polar surface area (TPSA) is 59.9 Å². The van der Waals surface area contributed by atoms with Gasteiger partial charge in [-0.25, -0.2) is 4.98 Å². The van der Waals surface area contributed by atoms with E-state index in [1.54, 1.807) is 6.20 Å². The fraction of sp³-hybridized carbons (Fsp3) is 0.438. The summed E-state index contributed by atoms with van der Waals surface area (Å²) >= 11 is 0. The molecular formula is C16H22N4O. The number of anilines is 1. The normalized spacial score (nSPS) is 10.5. The Morgan fingerprint density at radius 1 is 1.19 bits per heavy atom. The predicted molar refractivity (Wildman–Crippen MR) is 84.0 cm³/mol. The summed E-state index contributed by atoms with van der Waals surface area (Å²) in [6.07, 6.45) is 3.56. The maximum Gasteiger partial charge on any atom is 0.227 e. The van der Waals surface area contributed by atoms with Gasteiger partial charge in [0.2, 0.25) is 5.88 Å². The summed E-state index contributed by atoms with van der Waals surface area (Å²) in [6, 6.07) is 3.75. The second-order valence-electron chi connectivity index (χ2n) is 4.89. The standard InChI is InChI=1S/C16H22N4O/c1-5-9-18-15-11(3)16(20-14(6-2)19-15)21-13-8-7-10-17-12(13)4/h7-8,10H,5-6,9H2,1-4H3,(H,18,19,20). The van der Waals surface area contributed by atoms with Gasteiger partial charge in [-0.05, 0) is 32.4 Å². The maximum absolute atomic E-state index is 5.95. The van der Waals surface area contributed by atoms with Gasteiger partial charge in [-0.1, -0.05) is 13.8 Å².